The third-order valence-electron chi connectivity index (χ3n) is 2.51. The van der Waals surface area contributed by atoms with Gasteiger partial charge in [0.2, 0.25) is 0 Å². The Hall–Kier alpha value is -1.31. The Morgan fingerprint density at radius 1 is 1.40 bits per heavy atom. The van der Waals surface area contributed by atoms with Crippen molar-refractivity contribution >= 4 is 6.29 Å². The lowest BCUT2D eigenvalue weighted by molar-refractivity contribution is 0.111. The summed E-state index contributed by atoms with van der Waals surface area (Å²) in [5.74, 6) is 0.691. The molecule has 0 amide bonds. The van der Waals surface area contributed by atoms with Crippen LogP contribution in [-0.4, -0.2) is 12.4 Å². The molecule has 2 nitrogen and oxygen atoms in total. The third-order valence-corrected chi connectivity index (χ3v) is 2.51. The van der Waals surface area contributed by atoms with Gasteiger partial charge in [0.1, 0.15) is 5.75 Å². The van der Waals surface area contributed by atoms with Gasteiger partial charge in [0.25, 0.3) is 0 Å². The topological polar surface area (TPSA) is 26.3 Å². The molecule has 0 aliphatic rings. The number of aldehydes is 1. The van der Waals surface area contributed by atoms with Crippen LogP contribution in [0.15, 0.2) is 18.2 Å². The average Bonchev–Trinajstić information content (AvgIpc) is 2.29. The number of ether oxygens (including phenoxy) is 1. The van der Waals surface area contributed by atoms with Gasteiger partial charge in [0.05, 0.1) is 11.7 Å². The predicted octanol–water partition coefficient (Wildman–Crippen LogP) is 3.24. The second-order valence-corrected chi connectivity index (χ2v) is 3.68. The Kier molecular flexibility index (Phi) is 4.35. The van der Waals surface area contributed by atoms with Crippen molar-refractivity contribution in [1.29, 1.82) is 0 Å². The minimum absolute atomic E-state index is 0.149. The quantitative estimate of drug-likeness (QED) is 0.691. The number of carbonyl (C=O) groups is 1. The zero-order valence-corrected chi connectivity index (χ0v) is 9.62. The molecule has 0 spiro atoms. The van der Waals surface area contributed by atoms with Gasteiger partial charge in [-0.25, -0.2) is 0 Å². The van der Waals surface area contributed by atoms with E-state index in [0.29, 0.717) is 11.3 Å². The van der Waals surface area contributed by atoms with Gasteiger partial charge in [-0.3, -0.25) is 4.79 Å². The summed E-state index contributed by atoms with van der Waals surface area (Å²) in [5.41, 5.74) is 1.81. The van der Waals surface area contributed by atoms with Crippen molar-refractivity contribution < 1.29 is 9.53 Å². The van der Waals surface area contributed by atoms with E-state index in [9.17, 15) is 4.79 Å². The summed E-state index contributed by atoms with van der Waals surface area (Å²) in [6.07, 6.45) is 2.88. The van der Waals surface area contributed by atoms with Crippen LogP contribution in [-0.2, 0) is 6.42 Å². The Balaban J connectivity index is 2.92. The summed E-state index contributed by atoms with van der Waals surface area (Å²) in [4.78, 5) is 10.9. The molecule has 1 aromatic carbocycles. The molecular formula is C13H18O2. The summed E-state index contributed by atoms with van der Waals surface area (Å²) in [6, 6.07) is 5.78. The van der Waals surface area contributed by atoms with Crippen LogP contribution in [0.5, 0.6) is 5.75 Å². The van der Waals surface area contributed by atoms with Crippen molar-refractivity contribution in [3.63, 3.8) is 0 Å². The second-order valence-electron chi connectivity index (χ2n) is 3.68. The molecule has 1 atom stereocenters. The summed E-state index contributed by atoms with van der Waals surface area (Å²) in [5, 5.41) is 0. The van der Waals surface area contributed by atoms with Crippen LogP contribution in [0.1, 0.15) is 43.1 Å². The summed E-state index contributed by atoms with van der Waals surface area (Å²) >= 11 is 0. The SMILES string of the molecule is CCc1ccc(OC(C)CC)c(C=O)c1. The van der Waals surface area contributed by atoms with Crippen LogP contribution in [0.2, 0.25) is 0 Å². The molecule has 0 aromatic heterocycles. The Morgan fingerprint density at radius 3 is 2.67 bits per heavy atom. The minimum atomic E-state index is 0.149. The fraction of sp³-hybridized carbons (Fsp3) is 0.462. The molecule has 1 aromatic rings. The van der Waals surface area contributed by atoms with Gasteiger partial charge in [0.15, 0.2) is 6.29 Å². The van der Waals surface area contributed by atoms with Gasteiger partial charge in [-0.1, -0.05) is 19.9 Å². The fourth-order valence-electron chi connectivity index (χ4n) is 1.32. The molecule has 0 aliphatic heterocycles. The standard InChI is InChI=1S/C13H18O2/c1-4-10(3)15-13-7-6-11(5-2)8-12(13)9-14/h6-10H,4-5H2,1-3H3. The Morgan fingerprint density at radius 2 is 2.13 bits per heavy atom. The molecule has 0 N–H and O–H groups in total. The number of hydrogen-bond donors (Lipinski definition) is 0. The highest BCUT2D eigenvalue weighted by molar-refractivity contribution is 5.79. The van der Waals surface area contributed by atoms with Crippen LogP contribution >= 0.6 is 0 Å². The smallest absolute Gasteiger partial charge is 0.153 e. The largest absolute Gasteiger partial charge is 0.490 e. The van der Waals surface area contributed by atoms with E-state index in [2.05, 4.69) is 13.8 Å². The molecule has 0 aliphatic carbocycles. The Labute approximate surface area is 91.3 Å². The second kappa shape index (κ2) is 5.54. The van der Waals surface area contributed by atoms with Gasteiger partial charge in [0, 0.05) is 0 Å². The average molecular weight is 206 g/mol. The van der Waals surface area contributed by atoms with Crippen molar-refractivity contribution in [3.8, 4) is 5.75 Å². The van der Waals surface area contributed by atoms with Crippen LogP contribution < -0.4 is 4.74 Å². The van der Waals surface area contributed by atoms with E-state index in [1.807, 2.05) is 25.1 Å². The fourth-order valence-corrected chi connectivity index (χ4v) is 1.32. The van der Waals surface area contributed by atoms with Gasteiger partial charge < -0.3 is 4.74 Å². The van der Waals surface area contributed by atoms with Crippen LogP contribution in [0.25, 0.3) is 0 Å². The first kappa shape index (κ1) is 11.8. The molecule has 1 rings (SSSR count). The Bertz CT molecular complexity index is 331. The van der Waals surface area contributed by atoms with Gasteiger partial charge in [-0.2, -0.15) is 0 Å². The molecular weight excluding hydrogens is 188 g/mol. The number of rotatable bonds is 5. The van der Waals surface area contributed by atoms with E-state index < -0.39 is 0 Å². The van der Waals surface area contributed by atoms with Gasteiger partial charge in [-0.05, 0) is 37.5 Å². The van der Waals surface area contributed by atoms with E-state index in [0.717, 1.165) is 24.7 Å². The number of carbonyl (C=O) groups excluding carboxylic acids is 1. The van der Waals surface area contributed by atoms with Crippen LogP contribution in [0.3, 0.4) is 0 Å². The first-order valence-corrected chi connectivity index (χ1v) is 5.46. The number of benzene rings is 1. The maximum Gasteiger partial charge on any atom is 0.153 e. The maximum absolute atomic E-state index is 10.9. The summed E-state index contributed by atoms with van der Waals surface area (Å²) in [7, 11) is 0. The molecule has 0 fully saturated rings. The van der Waals surface area contributed by atoms with Crippen LogP contribution in [0, 0.1) is 0 Å². The normalized spacial score (nSPS) is 12.2. The van der Waals surface area contributed by atoms with Gasteiger partial charge >= 0.3 is 0 Å². The monoisotopic (exact) mass is 206 g/mol. The molecule has 0 bridgehead atoms. The summed E-state index contributed by atoms with van der Waals surface area (Å²) in [6.45, 7) is 6.13. The van der Waals surface area contributed by atoms with E-state index >= 15 is 0 Å². The van der Waals surface area contributed by atoms with Crippen molar-refractivity contribution in [2.45, 2.75) is 39.7 Å². The van der Waals surface area contributed by atoms with E-state index in [1.165, 1.54) is 0 Å². The zero-order chi connectivity index (χ0) is 11.3. The molecule has 2 heteroatoms. The highest BCUT2D eigenvalue weighted by Crippen LogP contribution is 2.20. The summed E-state index contributed by atoms with van der Waals surface area (Å²) < 4.78 is 5.65. The van der Waals surface area contributed by atoms with E-state index in [4.69, 9.17) is 4.74 Å². The van der Waals surface area contributed by atoms with Crippen molar-refractivity contribution in [3.05, 3.63) is 29.3 Å². The number of hydrogen-bond acceptors (Lipinski definition) is 2. The van der Waals surface area contributed by atoms with Crippen molar-refractivity contribution in [2.24, 2.45) is 0 Å². The van der Waals surface area contributed by atoms with E-state index in [-0.39, 0.29) is 6.10 Å². The first-order chi connectivity index (χ1) is 7.21. The number of aryl methyl sites for hydroxylation is 1. The lowest BCUT2D eigenvalue weighted by atomic mass is 10.1. The van der Waals surface area contributed by atoms with Crippen molar-refractivity contribution in [2.75, 3.05) is 0 Å². The minimum Gasteiger partial charge on any atom is -0.490 e. The molecule has 0 saturated carbocycles. The molecule has 0 radical (unpaired) electrons. The van der Waals surface area contributed by atoms with Crippen LogP contribution in [0.4, 0.5) is 0 Å². The molecule has 1 unspecified atom stereocenters. The molecule has 82 valence electrons. The van der Waals surface area contributed by atoms with Gasteiger partial charge in [-0.15, -0.1) is 0 Å². The zero-order valence-electron chi connectivity index (χ0n) is 9.62. The molecule has 0 heterocycles. The van der Waals surface area contributed by atoms with E-state index in [1.54, 1.807) is 0 Å². The highest BCUT2D eigenvalue weighted by Gasteiger charge is 2.07. The first-order valence-electron chi connectivity index (χ1n) is 5.46. The van der Waals surface area contributed by atoms with Crippen molar-refractivity contribution in [1.82, 2.24) is 0 Å². The highest BCUT2D eigenvalue weighted by atomic mass is 16.5. The lowest BCUT2D eigenvalue weighted by Crippen LogP contribution is -2.11. The molecule has 15 heavy (non-hydrogen) atoms. The predicted molar refractivity (Wildman–Crippen MR) is 61.6 cm³/mol. The third kappa shape index (κ3) is 3.08. The lowest BCUT2D eigenvalue weighted by Gasteiger charge is -2.14. The molecule has 0 saturated heterocycles. The maximum atomic E-state index is 10.9.